The summed E-state index contributed by atoms with van der Waals surface area (Å²) in [6, 6.07) is 1.24. The first-order valence-electron chi connectivity index (χ1n) is 8.41. The van der Waals surface area contributed by atoms with Crippen LogP contribution in [0.15, 0.2) is 12.3 Å². The lowest BCUT2D eigenvalue weighted by atomic mass is 9.56. The molecule has 1 fully saturated rings. The van der Waals surface area contributed by atoms with Gasteiger partial charge in [0, 0.05) is 24.8 Å². The van der Waals surface area contributed by atoms with E-state index in [4.69, 9.17) is 9.47 Å². The zero-order valence-electron chi connectivity index (χ0n) is 15.7. The molecule has 2 N–H and O–H groups in total. The Morgan fingerprint density at radius 3 is 2.60 bits per heavy atom. The van der Waals surface area contributed by atoms with Crippen LogP contribution in [-0.4, -0.2) is 42.3 Å². The van der Waals surface area contributed by atoms with Crippen molar-refractivity contribution in [2.75, 3.05) is 19.0 Å². The van der Waals surface area contributed by atoms with Gasteiger partial charge in [-0.1, -0.05) is 13.8 Å². The van der Waals surface area contributed by atoms with E-state index in [0.717, 1.165) is 6.42 Å². The summed E-state index contributed by atoms with van der Waals surface area (Å²) < 4.78 is 10.5. The molecule has 1 aromatic heterocycles. The SMILES string of the molecule is CCOC(=O)c1cnc(C)c(NC(=O)N[C@H]2C[C@](C)(OC)C2(C)C)c1. The molecule has 0 radical (unpaired) electrons. The standard InChI is InChI=1S/C18H27N3O4/c1-7-25-15(22)12-8-13(11(2)19-10-12)20-16(23)21-14-9-18(5,24-6)17(14,3)4/h8,10,14H,7,9H2,1-6H3,(H2,20,21,23)/t14-,18-/m0/s1. The highest BCUT2D eigenvalue weighted by Crippen LogP contribution is 2.51. The summed E-state index contributed by atoms with van der Waals surface area (Å²) in [5.41, 5.74) is 0.969. The molecular weight excluding hydrogens is 322 g/mol. The van der Waals surface area contributed by atoms with E-state index in [2.05, 4.69) is 29.5 Å². The van der Waals surface area contributed by atoms with Crippen LogP contribution in [0.2, 0.25) is 0 Å². The normalized spacial score (nSPS) is 24.2. The smallest absolute Gasteiger partial charge is 0.339 e. The minimum Gasteiger partial charge on any atom is -0.462 e. The van der Waals surface area contributed by atoms with E-state index in [-0.39, 0.29) is 29.7 Å². The van der Waals surface area contributed by atoms with Gasteiger partial charge in [-0.15, -0.1) is 0 Å². The van der Waals surface area contributed by atoms with E-state index in [9.17, 15) is 9.59 Å². The van der Waals surface area contributed by atoms with E-state index < -0.39 is 5.97 Å². The number of nitrogens with zero attached hydrogens (tertiary/aromatic N) is 1. The van der Waals surface area contributed by atoms with Crippen molar-refractivity contribution in [1.29, 1.82) is 0 Å². The third kappa shape index (κ3) is 3.61. The Balaban J connectivity index is 2.04. The van der Waals surface area contributed by atoms with Crippen LogP contribution >= 0.6 is 0 Å². The average molecular weight is 349 g/mol. The topological polar surface area (TPSA) is 89.5 Å². The summed E-state index contributed by atoms with van der Waals surface area (Å²) in [6.07, 6.45) is 2.18. The van der Waals surface area contributed by atoms with Gasteiger partial charge in [-0.2, -0.15) is 0 Å². The van der Waals surface area contributed by atoms with Crippen LogP contribution in [0, 0.1) is 12.3 Å². The fourth-order valence-electron chi connectivity index (χ4n) is 3.03. The summed E-state index contributed by atoms with van der Waals surface area (Å²) in [7, 11) is 1.69. The Labute approximate surface area is 148 Å². The van der Waals surface area contributed by atoms with Crippen LogP contribution in [-0.2, 0) is 9.47 Å². The molecule has 2 rings (SSSR count). The van der Waals surface area contributed by atoms with Crippen molar-refractivity contribution >= 4 is 17.7 Å². The highest BCUT2D eigenvalue weighted by molar-refractivity contribution is 5.94. The number of methoxy groups -OCH3 is 1. The Morgan fingerprint density at radius 2 is 2.04 bits per heavy atom. The van der Waals surface area contributed by atoms with Crippen molar-refractivity contribution in [3.8, 4) is 0 Å². The molecule has 0 aromatic carbocycles. The lowest BCUT2D eigenvalue weighted by molar-refractivity contribution is -0.177. The highest BCUT2D eigenvalue weighted by Gasteiger charge is 2.58. The predicted molar refractivity (Wildman–Crippen MR) is 94.7 cm³/mol. The molecule has 25 heavy (non-hydrogen) atoms. The molecule has 7 heteroatoms. The van der Waals surface area contributed by atoms with Gasteiger partial charge < -0.3 is 20.1 Å². The molecule has 0 spiro atoms. The number of rotatable bonds is 5. The summed E-state index contributed by atoms with van der Waals surface area (Å²) >= 11 is 0. The number of hydrogen-bond acceptors (Lipinski definition) is 5. The van der Waals surface area contributed by atoms with Crippen molar-refractivity contribution in [1.82, 2.24) is 10.3 Å². The van der Waals surface area contributed by atoms with Crippen LogP contribution in [0.4, 0.5) is 10.5 Å². The number of esters is 1. The Morgan fingerprint density at radius 1 is 1.36 bits per heavy atom. The summed E-state index contributed by atoms with van der Waals surface area (Å²) in [5, 5.41) is 5.74. The molecular formula is C18H27N3O4. The van der Waals surface area contributed by atoms with E-state index >= 15 is 0 Å². The summed E-state index contributed by atoms with van der Waals surface area (Å²) in [5.74, 6) is -0.463. The molecule has 0 unspecified atom stereocenters. The van der Waals surface area contributed by atoms with Crippen LogP contribution in [0.3, 0.4) is 0 Å². The molecule has 1 saturated carbocycles. The number of aryl methyl sites for hydroxylation is 1. The monoisotopic (exact) mass is 349 g/mol. The average Bonchev–Trinajstić information content (AvgIpc) is 2.56. The molecule has 2 atom stereocenters. The van der Waals surface area contributed by atoms with Crippen LogP contribution < -0.4 is 10.6 Å². The van der Waals surface area contributed by atoms with Gasteiger partial charge in [0.15, 0.2) is 0 Å². The number of aromatic nitrogens is 1. The highest BCUT2D eigenvalue weighted by atomic mass is 16.5. The van der Waals surface area contributed by atoms with Gasteiger partial charge >= 0.3 is 12.0 Å². The summed E-state index contributed by atoms with van der Waals surface area (Å²) in [6.45, 7) is 9.96. The number of ether oxygens (including phenoxy) is 2. The number of pyridine rings is 1. The number of amides is 2. The van der Waals surface area contributed by atoms with E-state index in [1.807, 2.05) is 6.92 Å². The molecule has 0 aliphatic heterocycles. The maximum Gasteiger partial charge on any atom is 0.339 e. The number of anilines is 1. The number of carbonyl (C=O) groups is 2. The lowest BCUT2D eigenvalue weighted by Gasteiger charge is -2.59. The van der Waals surface area contributed by atoms with Crippen molar-refractivity contribution in [2.24, 2.45) is 5.41 Å². The van der Waals surface area contributed by atoms with E-state index in [1.54, 1.807) is 27.0 Å². The first kappa shape index (κ1) is 19.2. The number of carbonyl (C=O) groups excluding carboxylic acids is 2. The zero-order valence-corrected chi connectivity index (χ0v) is 15.7. The van der Waals surface area contributed by atoms with Crippen LogP contribution in [0.5, 0.6) is 0 Å². The molecule has 0 saturated heterocycles. The van der Waals surface area contributed by atoms with Crippen LogP contribution in [0.1, 0.15) is 50.2 Å². The first-order valence-corrected chi connectivity index (χ1v) is 8.41. The Kier molecular flexibility index (Phi) is 5.37. The van der Waals surface area contributed by atoms with Crippen molar-refractivity contribution in [3.63, 3.8) is 0 Å². The van der Waals surface area contributed by atoms with Gasteiger partial charge in [0.05, 0.1) is 29.2 Å². The minimum absolute atomic E-state index is 0.000968. The predicted octanol–water partition coefficient (Wildman–Crippen LogP) is 2.89. The number of nitrogens with one attached hydrogen (secondary N) is 2. The molecule has 138 valence electrons. The van der Waals surface area contributed by atoms with Crippen LogP contribution in [0.25, 0.3) is 0 Å². The third-order valence-corrected chi connectivity index (χ3v) is 5.43. The quantitative estimate of drug-likeness (QED) is 0.798. The molecule has 7 nitrogen and oxygen atoms in total. The molecule has 0 bridgehead atoms. The van der Waals surface area contributed by atoms with Gasteiger partial charge in [-0.25, -0.2) is 9.59 Å². The van der Waals surface area contributed by atoms with Gasteiger partial charge in [0.2, 0.25) is 0 Å². The largest absolute Gasteiger partial charge is 0.462 e. The third-order valence-electron chi connectivity index (χ3n) is 5.43. The minimum atomic E-state index is -0.463. The zero-order chi connectivity index (χ0) is 18.8. The number of urea groups is 1. The molecule has 1 aliphatic carbocycles. The second kappa shape index (κ2) is 7.00. The van der Waals surface area contributed by atoms with E-state index in [1.165, 1.54) is 6.20 Å². The molecule has 1 heterocycles. The van der Waals surface area contributed by atoms with Crippen molar-refractivity contribution in [2.45, 2.75) is 52.7 Å². The van der Waals surface area contributed by atoms with Crippen molar-refractivity contribution < 1.29 is 19.1 Å². The maximum absolute atomic E-state index is 12.4. The Hall–Kier alpha value is -2.15. The lowest BCUT2D eigenvalue weighted by Crippen LogP contribution is -2.68. The molecule has 1 aliphatic rings. The second-order valence-electron chi connectivity index (χ2n) is 7.09. The fourth-order valence-corrected chi connectivity index (χ4v) is 3.03. The van der Waals surface area contributed by atoms with Gasteiger partial charge in [0.25, 0.3) is 0 Å². The first-order chi connectivity index (χ1) is 11.6. The summed E-state index contributed by atoms with van der Waals surface area (Å²) in [4.78, 5) is 28.3. The number of hydrogen-bond donors (Lipinski definition) is 2. The van der Waals surface area contributed by atoms with E-state index in [0.29, 0.717) is 16.9 Å². The molecule has 1 aromatic rings. The van der Waals surface area contributed by atoms with Gasteiger partial charge in [0.1, 0.15) is 0 Å². The maximum atomic E-state index is 12.4. The van der Waals surface area contributed by atoms with Crippen molar-refractivity contribution in [3.05, 3.63) is 23.5 Å². The second-order valence-corrected chi connectivity index (χ2v) is 7.09. The Bertz CT molecular complexity index is 674. The van der Waals surface area contributed by atoms with Gasteiger partial charge in [-0.05, 0) is 33.3 Å². The van der Waals surface area contributed by atoms with Gasteiger partial charge in [-0.3, -0.25) is 4.98 Å². The molecule has 2 amide bonds. The fraction of sp³-hybridized carbons (Fsp3) is 0.611.